The Balaban J connectivity index is 1.75. The number of carbonyl (C=O) groups excluding carboxylic acids is 1. The summed E-state index contributed by atoms with van der Waals surface area (Å²) in [6.45, 7) is 3.51. The van der Waals surface area contributed by atoms with Crippen LogP contribution in [-0.4, -0.2) is 22.5 Å². The number of H-pyrrole nitrogens is 1. The number of aromatic nitrogens is 1. The van der Waals surface area contributed by atoms with Gasteiger partial charge in [-0.15, -0.1) is 0 Å². The first kappa shape index (κ1) is 16.1. The molecule has 0 saturated heterocycles. The maximum atomic E-state index is 12.8. The summed E-state index contributed by atoms with van der Waals surface area (Å²) in [6, 6.07) is 18.0. The summed E-state index contributed by atoms with van der Waals surface area (Å²) in [5.74, 6) is 0. The average molecular weight is 321 g/mol. The number of carbonyl (C=O) groups is 1. The molecule has 4 heteroatoms. The van der Waals surface area contributed by atoms with Crippen molar-refractivity contribution in [3.63, 3.8) is 0 Å². The molecule has 3 rings (SSSR count). The fourth-order valence-electron chi connectivity index (χ4n) is 2.77. The Morgan fingerprint density at radius 2 is 1.83 bits per heavy atom. The van der Waals surface area contributed by atoms with Crippen molar-refractivity contribution < 1.29 is 4.79 Å². The first-order valence-corrected chi connectivity index (χ1v) is 8.44. The van der Waals surface area contributed by atoms with Gasteiger partial charge >= 0.3 is 6.03 Å². The minimum absolute atomic E-state index is 0.0583. The molecule has 0 saturated carbocycles. The molecule has 124 valence electrons. The second kappa shape index (κ2) is 7.68. The fourth-order valence-corrected chi connectivity index (χ4v) is 2.77. The summed E-state index contributed by atoms with van der Waals surface area (Å²) >= 11 is 0. The highest BCUT2D eigenvalue weighted by Crippen LogP contribution is 2.23. The molecule has 2 N–H and O–H groups in total. The van der Waals surface area contributed by atoms with Gasteiger partial charge in [0.05, 0.1) is 5.69 Å². The zero-order chi connectivity index (χ0) is 16.8. The van der Waals surface area contributed by atoms with E-state index in [1.807, 2.05) is 53.6 Å². The van der Waals surface area contributed by atoms with Gasteiger partial charge in [0.25, 0.3) is 0 Å². The molecule has 2 amide bonds. The third kappa shape index (κ3) is 3.77. The average Bonchev–Trinajstić information content (AvgIpc) is 3.02. The molecule has 3 aromatic rings. The van der Waals surface area contributed by atoms with Crippen molar-refractivity contribution in [2.24, 2.45) is 0 Å². The van der Waals surface area contributed by atoms with Crippen LogP contribution in [0.4, 0.5) is 10.5 Å². The van der Waals surface area contributed by atoms with E-state index in [0.29, 0.717) is 6.54 Å². The molecule has 1 aromatic heterocycles. The maximum absolute atomic E-state index is 12.8. The van der Waals surface area contributed by atoms with Gasteiger partial charge in [-0.2, -0.15) is 0 Å². The first-order chi connectivity index (χ1) is 11.8. The van der Waals surface area contributed by atoms with Gasteiger partial charge in [-0.05, 0) is 18.1 Å². The Bertz CT molecular complexity index is 795. The second-order valence-corrected chi connectivity index (χ2v) is 5.94. The Labute approximate surface area is 142 Å². The lowest BCUT2D eigenvalue weighted by molar-refractivity contribution is 0.208. The summed E-state index contributed by atoms with van der Waals surface area (Å²) < 4.78 is 0. The molecule has 0 unspecified atom stereocenters. The van der Waals surface area contributed by atoms with E-state index in [0.717, 1.165) is 41.5 Å². The van der Waals surface area contributed by atoms with Crippen molar-refractivity contribution in [1.29, 1.82) is 0 Å². The molecule has 24 heavy (non-hydrogen) atoms. The number of amides is 2. The van der Waals surface area contributed by atoms with Crippen molar-refractivity contribution in [2.45, 2.75) is 26.3 Å². The molecule has 0 radical (unpaired) electrons. The van der Waals surface area contributed by atoms with Crippen molar-refractivity contribution in [2.75, 3.05) is 11.9 Å². The van der Waals surface area contributed by atoms with Crippen LogP contribution in [0, 0.1) is 0 Å². The molecule has 0 bridgehead atoms. The number of nitrogens with one attached hydrogen (secondary N) is 2. The summed E-state index contributed by atoms with van der Waals surface area (Å²) in [5, 5.41) is 4.08. The molecule has 0 aliphatic rings. The van der Waals surface area contributed by atoms with E-state index in [1.54, 1.807) is 0 Å². The molecular weight excluding hydrogens is 298 g/mol. The van der Waals surface area contributed by atoms with Gasteiger partial charge in [-0.3, -0.25) is 0 Å². The minimum Gasteiger partial charge on any atom is -0.359 e. The zero-order valence-corrected chi connectivity index (χ0v) is 14.0. The van der Waals surface area contributed by atoms with E-state index in [2.05, 4.69) is 29.4 Å². The van der Waals surface area contributed by atoms with Crippen LogP contribution in [0.1, 0.15) is 25.3 Å². The summed E-state index contributed by atoms with van der Waals surface area (Å²) in [5.41, 5.74) is 2.99. The van der Waals surface area contributed by atoms with Crippen LogP contribution in [0.2, 0.25) is 0 Å². The number of nitrogens with zero attached hydrogens (tertiary/aromatic N) is 1. The number of unbranched alkanes of at least 4 members (excludes halogenated alkanes) is 1. The number of aromatic amines is 1. The predicted octanol–water partition coefficient (Wildman–Crippen LogP) is 5.00. The molecule has 2 aromatic carbocycles. The number of urea groups is 1. The van der Waals surface area contributed by atoms with Crippen molar-refractivity contribution in [3.05, 3.63) is 66.4 Å². The molecule has 1 heterocycles. The molecule has 0 spiro atoms. The number of hydrogen-bond acceptors (Lipinski definition) is 1. The van der Waals surface area contributed by atoms with Crippen LogP contribution in [0.3, 0.4) is 0 Å². The minimum atomic E-state index is -0.0583. The van der Waals surface area contributed by atoms with Crippen LogP contribution in [-0.2, 0) is 6.54 Å². The third-order valence-electron chi connectivity index (χ3n) is 4.12. The maximum Gasteiger partial charge on any atom is 0.322 e. The number of fused-ring (bicyclic) bond motifs is 1. The van der Waals surface area contributed by atoms with Crippen LogP contribution < -0.4 is 5.32 Å². The lowest BCUT2D eigenvalue weighted by atomic mass is 10.2. The smallest absolute Gasteiger partial charge is 0.322 e. The lowest BCUT2D eigenvalue weighted by Gasteiger charge is -2.23. The predicted molar refractivity (Wildman–Crippen MR) is 99.1 cm³/mol. The van der Waals surface area contributed by atoms with Crippen molar-refractivity contribution in [1.82, 2.24) is 9.88 Å². The highest BCUT2D eigenvalue weighted by atomic mass is 16.2. The number of rotatable bonds is 6. The molecule has 0 aliphatic heterocycles. The van der Waals surface area contributed by atoms with E-state index in [-0.39, 0.29) is 6.03 Å². The van der Waals surface area contributed by atoms with Crippen LogP contribution in [0.15, 0.2) is 60.8 Å². The van der Waals surface area contributed by atoms with Gasteiger partial charge in [0.15, 0.2) is 0 Å². The monoisotopic (exact) mass is 321 g/mol. The molecule has 0 aliphatic carbocycles. The zero-order valence-electron chi connectivity index (χ0n) is 14.0. The van der Waals surface area contributed by atoms with Gasteiger partial charge in [0.2, 0.25) is 0 Å². The van der Waals surface area contributed by atoms with E-state index < -0.39 is 0 Å². The van der Waals surface area contributed by atoms with Gasteiger partial charge in [-0.1, -0.05) is 61.9 Å². The van der Waals surface area contributed by atoms with Gasteiger partial charge in [0.1, 0.15) is 0 Å². The molecule has 0 fully saturated rings. The van der Waals surface area contributed by atoms with Crippen molar-refractivity contribution >= 4 is 22.6 Å². The Morgan fingerprint density at radius 1 is 1.08 bits per heavy atom. The number of benzene rings is 2. The lowest BCUT2D eigenvalue weighted by Crippen LogP contribution is -2.35. The molecule has 4 nitrogen and oxygen atoms in total. The van der Waals surface area contributed by atoms with Crippen molar-refractivity contribution in [3.8, 4) is 0 Å². The van der Waals surface area contributed by atoms with E-state index in [1.165, 1.54) is 0 Å². The quantitative estimate of drug-likeness (QED) is 0.659. The number of para-hydroxylation sites is 1. The van der Waals surface area contributed by atoms with Gasteiger partial charge in [0, 0.05) is 30.2 Å². The van der Waals surface area contributed by atoms with Crippen LogP contribution in [0.5, 0.6) is 0 Å². The molecule has 0 atom stereocenters. The SMILES string of the molecule is CCCCN(Cc1ccccc1)C(=O)Nc1c[nH]c2ccccc12. The normalized spacial score (nSPS) is 10.7. The van der Waals surface area contributed by atoms with E-state index >= 15 is 0 Å². The summed E-state index contributed by atoms with van der Waals surface area (Å²) in [6.07, 6.45) is 3.91. The first-order valence-electron chi connectivity index (χ1n) is 8.44. The largest absolute Gasteiger partial charge is 0.359 e. The highest BCUT2D eigenvalue weighted by Gasteiger charge is 2.15. The second-order valence-electron chi connectivity index (χ2n) is 5.94. The van der Waals surface area contributed by atoms with Gasteiger partial charge in [-0.25, -0.2) is 4.79 Å². The van der Waals surface area contributed by atoms with E-state index in [9.17, 15) is 4.79 Å². The fraction of sp³-hybridized carbons (Fsp3) is 0.250. The highest BCUT2D eigenvalue weighted by molar-refractivity contribution is 6.00. The molecular formula is C20H23N3O. The standard InChI is InChI=1S/C20H23N3O/c1-2-3-13-23(15-16-9-5-4-6-10-16)20(24)22-19-14-21-18-12-8-7-11-17(18)19/h4-12,14,21H,2-3,13,15H2,1H3,(H,22,24). The topological polar surface area (TPSA) is 48.1 Å². The number of anilines is 1. The van der Waals surface area contributed by atoms with Crippen LogP contribution >= 0.6 is 0 Å². The van der Waals surface area contributed by atoms with Crippen LogP contribution in [0.25, 0.3) is 10.9 Å². The Kier molecular flexibility index (Phi) is 5.16. The Hall–Kier alpha value is -2.75. The van der Waals surface area contributed by atoms with E-state index in [4.69, 9.17) is 0 Å². The Morgan fingerprint density at radius 3 is 2.62 bits per heavy atom. The summed E-state index contributed by atoms with van der Waals surface area (Å²) in [7, 11) is 0. The summed E-state index contributed by atoms with van der Waals surface area (Å²) in [4.78, 5) is 17.8. The third-order valence-corrected chi connectivity index (χ3v) is 4.12. The number of hydrogen-bond donors (Lipinski definition) is 2. The van der Waals surface area contributed by atoms with Gasteiger partial charge < -0.3 is 15.2 Å².